The molecule has 6 atom stereocenters. The lowest BCUT2D eigenvalue weighted by atomic mass is 9.55. The molecule has 1 aliphatic heterocycles. The highest BCUT2D eigenvalue weighted by molar-refractivity contribution is 6.03. The molecule has 4 aromatic rings. The molecule has 1 fully saturated rings. The Balaban J connectivity index is 1.38. The number of nitrogens with zero attached hydrogens (tertiary/aromatic N) is 2. The minimum Gasteiger partial charge on any atom is -0.490 e. The molecule has 11 nitrogen and oxygen atoms in total. The second kappa shape index (κ2) is 24.1. The van der Waals surface area contributed by atoms with Gasteiger partial charge in [0, 0.05) is 37.7 Å². The van der Waals surface area contributed by atoms with Crippen molar-refractivity contribution in [3.8, 4) is 11.5 Å². The number of carbonyl (C=O) groups is 1. The van der Waals surface area contributed by atoms with Crippen molar-refractivity contribution in [1.29, 1.82) is 0 Å². The summed E-state index contributed by atoms with van der Waals surface area (Å²) in [7, 11) is 0. The first kappa shape index (κ1) is 48.2. The van der Waals surface area contributed by atoms with Crippen LogP contribution in [0.25, 0.3) is 0 Å². The number of benzene rings is 4. The van der Waals surface area contributed by atoms with E-state index in [0.717, 1.165) is 47.9 Å². The monoisotopic (exact) mass is 902 g/mol. The quantitative estimate of drug-likeness (QED) is 0.0380. The third-order valence-electron chi connectivity index (χ3n) is 12.7. The molecule has 0 bridgehead atoms. The number of amides is 1. The summed E-state index contributed by atoms with van der Waals surface area (Å²) in [6.45, 7) is 9.16. The average Bonchev–Trinajstić information content (AvgIpc) is 3.34. The number of hydrogen-bond donors (Lipinski definition) is 2. The fourth-order valence-corrected chi connectivity index (χ4v) is 9.78. The minimum absolute atomic E-state index is 0.0116. The number of halogens is 1. The van der Waals surface area contributed by atoms with Crippen LogP contribution in [0.2, 0.25) is 0 Å². The van der Waals surface area contributed by atoms with Crippen LogP contribution in [0, 0.1) is 23.6 Å². The number of fused-ring (bicyclic) bond motifs is 2. The van der Waals surface area contributed by atoms with Crippen LogP contribution in [0.5, 0.6) is 11.5 Å². The maximum absolute atomic E-state index is 14.9. The number of hydrogen-bond acceptors (Lipinski definition) is 10. The Morgan fingerprint density at radius 1 is 0.833 bits per heavy atom. The van der Waals surface area contributed by atoms with Gasteiger partial charge >= 0.3 is 6.09 Å². The van der Waals surface area contributed by atoms with Gasteiger partial charge in [-0.15, -0.1) is 6.58 Å². The molecule has 2 N–H and O–H groups in total. The van der Waals surface area contributed by atoms with E-state index >= 15 is 0 Å². The third kappa shape index (κ3) is 11.8. The van der Waals surface area contributed by atoms with E-state index in [-0.39, 0.29) is 70.4 Å². The number of aliphatic hydroxyl groups excluding tert-OH is 2. The minimum atomic E-state index is -1.53. The topological polar surface area (TPSA) is 129 Å². The van der Waals surface area contributed by atoms with Crippen molar-refractivity contribution in [1.82, 2.24) is 4.90 Å². The molecule has 3 aliphatic rings. The third-order valence-corrected chi connectivity index (χ3v) is 12.7. The zero-order chi connectivity index (χ0) is 46.1. The fraction of sp³-hybridized carbons (Fsp3) is 0.407. The average molecular weight is 903 g/mol. The van der Waals surface area contributed by atoms with Crippen molar-refractivity contribution in [2.75, 3.05) is 39.6 Å². The summed E-state index contributed by atoms with van der Waals surface area (Å²) in [4.78, 5) is 22.8. The number of aliphatic hydroxyl groups is 2. The summed E-state index contributed by atoms with van der Waals surface area (Å²) in [6, 6.07) is 30.6. The van der Waals surface area contributed by atoms with Crippen molar-refractivity contribution >= 4 is 11.8 Å². The van der Waals surface area contributed by atoms with Gasteiger partial charge in [0.2, 0.25) is 5.79 Å². The molecule has 7 rings (SSSR count). The Morgan fingerprint density at radius 2 is 1.53 bits per heavy atom. The number of unbranched alkanes of at least 4 members (excludes halogenated alkanes) is 2. The first-order valence-electron chi connectivity index (χ1n) is 23.2. The van der Waals surface area contributed by atoms with Crippen molar-refractivity contribution in [2.24, 2.45) is 22.9 Å². The first-order valence-corrected chi connectivity index (χ1v) is 23.2. The second-order valence-electron chi connectivity index (χ2n) is 17.0. The molecule has 12 heteroatoms. The maximum atomic E-state index is 14.9. The van der Waals surface area contributed by atoms with Crippen LogP contribution in [-0.2, 0) is 38.8 Å². The highest BCUT2D eigenvalue weighted by atomic mass is 19.1. The molecule has 1 heterocycles. The molecule has 6 unspecified atom stereocenters. The number of carbonyl (C=O) groups excluding carboxylic acids is 1. The number of allylic oxidation sites excluding steroid dienone is 1. The van der Waals surface area contributed by atoms with Crippen molar-refractivity contribution < 1.29 is 47.9 Å². The summed E-state index contributed by atoms with van der Waals surface area (Å²) in [6.07, 6.45) is 9.63. The van der Waals surface area contributed by atoms with Gasteiger partial charge in [-0.1, -0.05) is 116 Å². The van der Waals surface area contributed by atoms with Crippen molar-refractivity contribution in [3.63, 3.8) is 0 Å². The van der Waals surface area contributed by atoms with Gasteiger partial charge < -0.3 is 38.7 Å². The lowest BCUT2D eigenvalue weighted by molar-refractivity contribution is -0.256. The van der Waals surface area contributed by atoms with E-state index in [1.807, 2.05) is 78.9 Å². The van der Waals surface area contributed by atoms with Crippen LogP contribution in [0.3, 0.4) is 0 Å². The van der Waals surface area contributed by atoms with Gasteiger partial charge in [0.15, 0.2) is 0 Å². The van der Waals surface area contributed by atoms with Crippen LogP contribution in [0.15, 0.2) is 145 Å². The molecule has 1 saturated carbocycles. The molecule has 0 spiro atoms. The summed E-state index contributed by atoms with van der Waals surface area (Å²) >= 11 is 0. The SMILES string of the molecule is C=CCOc1ccc2c(c1)C1C(CCCCO)C(CCCCO)C=C3C(=NOCc4ccccc4)CC(N(Cc4ccc(F)cc4)C(=O)OCCOCc4ccccc4)C(OCC=C)(O2)C31. The molecule has 66 heavy (non-hydrogen) atoms. The smallest absolute Gasteiger partial charge is 0.410 e. The Kier molecular flexibility index (Phi) is 17.6. The molecule has 350 valence electrons. The van der Waals surface area contributed by atoms with Crippen LogP contribution in [-0.4, -0.2) is 78.4 Å². The predicted molar refractivity (Wildman–Crippen MR) is 251 cm³/mol. The van der Waals surface area contributed by atoms with E-state index in [9.17, 15) is 19.4 Å². The highest BCUT2D eigenvalue weighted by Gasteiger charge is 2.65. The number of rotatable bonds is 25. The fourth-order valence-electron chi connectivity index (χ4n) is 9.78. The lowest BCUT2D eigenvalue weighted by Crippen LogP contribution is -2.70. The lowest BCUT2D eigenvalue weighted by Gasteiger charge is -2.59. The van der Waals surface area contributed by atoms with E-state index in [0.29, 0.717) is 48.8 Å². The molecule has 2 aliphatic carbocycles. The Labute approximate surface area is 388 Å². The van der Waals surface area contributed by atoms with Crippen LogP contribution >= 0.6 is 0 Å². The zero-order valence-corrected chi connectivity index (χ0v) is 37.7. The molecule has 1 amide bonds. The van der Waals surface area contributed by atoms with Crippen LogP contribution in [0.4, 0.5) is 9.18 Å². The summed E-state index contributed by atoms with van der Waals surface area (Å²) in [5.74, 6) is -1.46. The Hall–Kier alpha value is -5.79. The largest absolute Gasteiger partial charge is 0.490 e. The second-order valence-corrected chi connectivity index (χ2v) is 17.0. The van der Waals surface area contributed by atoms with Crippen molar-refractivity contribution in [3.05, 3.63) is 168 Å². The number of oxime groups is 1. The van der Waals surface area contributed by atoms with E-state index in [2.05, 4.69) is 19.2 Å². The van der Waals surface area contributed by atoms with Gasteiger partial charge in [-0.3, -0.25) is 4.90 Å². The van der Waals surface area contributed by atoms with Crippen LogP contribution < -0.4 is 9.47 Å². The summed E-state index contributed by atoms with van der Waals surface area (Å²) in [5.41, 5.74) is 5.07. The summed E-state index contributed by atoms with van der Waals surface area (Å²) < 4.78 is 47.0. The van der Waals surface area contributed by atoms with E-state index in [1.165, 1.54) is 12.1 Å². The van der Waals surface area contributed by atoms with E-state index < -0.39 is 29.7 Å². The van der Waals surface area contributed by atoms with Gasteiger partial charge in [0.25, 0.3) is 0 Å². The molecule has 0 radical (unpaired) electrons. The Bertz CT molecular complexity index is 2240. The van der Waals surface area contributed by atoms with Gasteiger partial charge in [-0.2, -0.15) is 0 Å². The number of ether oxygens (including phenoxy) is 5. The molecule has 0 aromatic heterocycles. The van der Waals surface area contributed by atoms with Gasteiger partial charge in [-0.25, -0.2) is 9.18 Å². The van der Waals surface area contributed by atoms with Crippen molar-refractivity contribution in [2.45, 2.75) is 82.5 Å². The maximum Gasteiger partial charge on any atom is 0.410 e. The molecular formula is C54H63FN2O9. The molecular weight excluding hydrogens is 840 g/mol. The molecule has 0 saturated heterocycles. The van der Waals surface area contributed by atoms with E-state index in [4.69, 9.17) is 33.7 Å². The van der Waals surface area contributed by atoms with E-state index in [1.54, 1.807) is 29.2 Å². The first-order chi connectivity index (χ1) is 32.4. The van der Waals surface area contributed by atoms with Gasteiger partial charge in [0.1, 0.15) is 43.2 Å². The highest BCUT2D eigenvalue weighted by Crippen LogP contribution is 2.62. The zero-order valence-electron chi connectivity index (χ0n) is 37.7. The predicted octanol–water partition coefficient (Wildman–Crippen LogP) is 10.1. The van der Waals surface area contributed by atoms with Gasteiger partial charge in [0.05, 0.1) is 31.5 Å². The normalized spacial score (nSPS) is 22.3. The Morgan fingerprint density at radius 3 is 2.23 bits per heavy atom. The molecule has 4 aromatic carbocycles. The standard InChI is InChI=1S/C54H63FN2O9/c1-3-29-62-44-25-26-49-47(34-44)51-45(20-12-14-28-59)42(19-11-13-27-58)33-46-48(56-65-38-41-17-9-6-10-18-41)35-50(54(66-49,52(46)51)64-30-4-2)57(36-39-21-23-43(55)24-22-39)53(60)63-32-31-61-37-40-15-7-5-8-16-40/h3-10,15-18,21-26,33-34,42,45,50-52,58-59H,1-2,11-14,19-20,27-32,35-38H2. The van der Waals surface area contributed by atoms with Gasteiger partial charge in [-0.05, 0) is 90.1 Å². The van der Waals surface area contributed by atoms with Crippen LogP contribution in [0.1, 0.15) is 73.1 Å². The summed E-state index contributed by atoms with van der Waals surface area (Å²) in [5, 5.41) is 24.9.